The highest BCUT2D eigenvalue weighted by molar-refractivity contribution is 5.70. The van der Waals surface area contributed by atoms with Crippen LogP contribution in [0.15, 0.2) is 0 Å². The molecule has 2 heteroatoms. The summed E-state index contributed by atoms with van der Waals surface area (Å²) < 4.78 is 4.51. The minimum absolute atomic E-state index is 0.0463. The molecule has 74 valence electrons. The molecular weight excluding hydrogens is 164 g/mol. The predicted octanol–water partition coefficient (Wildman–Crippen LogP) is 2.52. The summed E-state index contributed by atoms with van der Waals surface area (Å²) in [4.78, 5) is 10.0. The summed E-state index contributed by atoms with van der Waals surface area (Å²) in [5, 5.41) is 0. The van der Waals surface area contributed by atoms with Crippen molar-refractivity contribution >= 4 is 5.97 Å². The van der Waals surface area contributed by atoms with E-state index in [9.17, 15) is 4.79 Å². The van der Waals surface area contributed by atoms with Gasteiger partial charge in [-0.15, -0.1) is 0 Å². The number of rotatable bonds is 0. The fraction of sp³-hybridized carbons (Fsp3) is 0.909. The lowest BCUT2D eigenvalue weighted by molar-refractivity contribution is -0.137. The summed E-state index contributed by atoms with van der Waals surface area (Å²) in [7, 11) is 0. The molecule has 0 radical (unpaired) electrons. The van der Waals surface area contributed by atoms with Crippen LogP contribution in [-0.2, 0) is 9.53 Å². The molecule has 0 N–H and O–H groups in total. The first-order valence-corrected chi connectivity index (χ1v) is 5.50. The molecule has 13 heavy (non-hydrogen) atoms. The smallest absolute Gasteiger partial charge is 0.305 e. The summed E-state index contributed by atoms with van der Waals surface area (Å²) in [6.45, 7) is 0.638. The van der Waals surface area contributed by atoms with Gasteiger partial charge in [0.15, 0.2) is 0 Å². The number of hydrogen-bond donors (Lipinski definition) is 0. The number of carbonyl (C=O) groups excluding carboxylic acids is 1. The van der Waals surface area contributed by atoms with Gasteiger partial charge in [-0.05, 0) is 24.7 Å². The summed E-state index contributed by atoms with van der Waals surface area (Å²) in [6, 6.07) is 0. The molecule has 1 heterocycles. The van der Waals surface area contributed by atoms with Gasteiger partial charge in [-0.1, -0.05) is 25.7 Å². The zero-order chi connectivity index (χ0) is 9.10. The molecule has 0 aromatic heterocycles. The second-order valence-electron chi connectivity index (χ2n) is 4.45. The topological polar surface area (TPSA) is 26.3 Å². The molecule has 2 aliphatic carbocycles. The Kier molecular flexibility index (Phi) is 2.87. The second-order valence-corrected chi connectivity index (χ2v) is 4.45. The Balaban J connectivity index is 0.000000102. The summed E-state index contributed by atoms with van der Waals surface area (Å²) >= 11 is 0. The molecule has 0 atom stereocenters. The fourth-order valence-corrected chi connectivity index (χ4v) is 2.65. The van der Waals surface area contributed by atoms with E-state index in [1.54, 1.807) is 32.1 Å². The Bertz CT molecular complexity index is 163. The number of esters is 1. The van der Waals surface area contributed by atoms with Gasteiger partial charge in [0.25, 0.3) is 0 Å². The minimum Gasteiger partial charge on any atom is -0.466 e. The van der Waals surface area contributed by atoms with Crippen LogP contribution < -0.4 is 0 Å². The van der Waals surface area contributed by atoms with Crippen LogP contribution in [0, 0.1) is 11.8 Å². The van der Waals surface area contributed by atoms with Crippen LogP contribution in [0.1, 0.15) is 44.9 Å². The van der Waals surface area contributed by atoms with Crippen molar-refractivity contribution in [3.05, 3.63) is 0 Å². The minimum atomic E-state index is -0.0463. The molecule has 2 bridgehead atoms. The zero-order valence-corrected chi connectivity index (χ0v) is 8.13. The van der Waals surface area contributed by atoms with E-state index in [0.29, 0.717) is 13.0 Å². The maximum absolute atomic E-state index is 10.0. The second kappa shape index (κ2) is 4.12. The average molecular weight is 182 g/mol. The van der Waals surface area contributed by atoms with Gasteiger partial charge >= 0.3 is 5.97 Å². The largest absolute Gasteiger partial charge is 0.466 e. The molecule has 1 aliphatic heterocycles. The first-order chi connectivity index (χ1) is 6.34. The van der Waals surface area contributed by atoms with Crippen molar-refractivity contribution in [2.75, 3.05) is 6.61 Å². The summed E-state index contributed by atoms with van der Waals surface area (Å²) in [5.41, 5.74) is 0. The van der Waals surface area contributed by atoms with E-state index in [4.69, 9.17) is 0 Å². The van der Waals surface area contributed by atoms with E-state index in [1.165, 1.54) is 11.8 Å². The Hall–Kier alpha value is -0.530. The van der Waals surface area contributed by atoms with Gasteiger partial charge in [-0.25, -0.2) is 0 Å². The van der Waals surface area contributed by atoms with E-state index in [1.807, 2.05) is 0 Å². The average Bonchev–Trinajstić information content (AvgIpc) is 2.80. The lowest BCUT2D eigenvalue weighted by Crippen LogP contribution is -1.90. The Morgan fingerprint density at radius 2 is 1.69 bits per heavy atom. The van der Waals surface area contributed by atoms with Crippen LogP contribution in [-0.4, -0.2) is 12.6 Å². The molecule has 0 aromatic carbocycles. The molecule has 3 rings (SSSR count). The molecule has 0 spiro atoms. The van der Waals surface area contributed by atoms with Gasteiger partial charge in [0.1, 0.15) is 0 Å². The van der Waals surface area contributed by atoms with Crippen molar-refractivity contribution < 1.29 is 9.53 Å². The van der Waals surface area contributed by atoms with Gasteiger partial charge in [0.05, 0.1) is 6.61 Å². The van der Waals surface area contributed by atoms with E-state index in [2.05, 4.69) is 4.74 Å². The number of cyclic esters (lactones) is 1. The maximum Gasteiger partial charge on any atom is 0.305 e. The molecular formula is C11H18O2. The van der Waals surface area contributed by atoms with E-state index in [0.717, 1.165) is 6.42 Å². The van der Waals surface area contributed by atoms with Crippen molar-refractivity contribution in [2.24, 2.45) is 11.8 Å². The van der Waals surface area contributed by atoms with Gasteiger partial charge in [0.2, 0.25) is 0 Å². The lowest BCUT2D eigenvalue weighted by Gasteiger charge is -2.05. The molecule has 1 saturated heterocycles. The van der Waals surface area contributed by atoms with Crippen molar-refractivity contribution in [1.29, 1.82) is 0 Å². The molecule has 0 aromatic rings. The highest BCUT2D eigenvalue weighted by Gasteiger charge is 2.30. The van der Waals surface area contributed by atoms with Crippen LogP contribution in [0.5, 0.6) is 0 Å². The van der Waals surface area contributed by atoms with Gasteiger partial charge in [0, 0.05) is 6.42 Å². The number of carbonyl (C=O) groups is 1. The number of hydrogen-bond acceptors (Lipinski definition) is 2. The van der Waals surface area contributed by atoms with Crippen molar-refractivity contribution in [3.8, 4) is 0 Å². The van der Waals surface area contributed by atoms with Crippen LogP contribution in [0.2, 0.25) is 0 Å². The van der Waals surface area contributed by atoms with Crippen LogP contribution in [0.3, 0.4) is 0 Å². The van der Waals surface area contributed by atoms with Crippen molar-refractivity contribution in [3.63, 3.8) is 0 Å². The molecule has 3 aliphatic rings. The standard InChI is InChI=1S/C7H12.C4H6O2/c1-2-7-4-3-6(1)5-7;5-4-2-1-3-6-4/h6-7H,1-5H2;1-3H2. The zero-order valence-electron chi connectivity index (χ0n) is 8.13. The lowest BCUT2D eigenvalue weighted by atomic mass is 10.0. The van der Waals surface area contributed by atoms with E-state index < -0.39 is 0 Å². The van der Waals surface area contributed by atoms with Gasteiger partial charge < -0.3 is 4.74 Å². The third-order valence-corrected chi connectivity index (χ3v) is 3.42. The van der Waals surface area contributed by atoms with E-state index in [-0.39, 0.29) is 5.97 Å². The fourth-order valence-electron chi connectivity index (χ4n) is 2.65. The van der Waals surface area contributed by atoms with Gasteiger partial charge in [-0.3, -0.25) is 4.79 Å². The van der Waals surface area contributed by atoms with Gasteiger partial charge in [-0.2, -0.15) is 0 Å². The molecule has 3 fully saturated rings. The highest BCUT2D eigenvalue weighted by Crippen LogP contribution is 2.43. The first-order valence-electron chi connectivity index (χ1n) is 5.50. The van der Waals surface area contributed by atoms with Crippen LogP contribution >= 0.6 is 0 Å². The monoisotopic (exact) mass is 182 g/mol. The first kappa shape index (κ1) is 9.04. The molecule has 0 unspecified atom stereocenters. The number of ether oxygens (including phenoxy) is 1. The van der Waals surface area contributed by atoms with Crippen LogP contribution in [0.4, 0.5) is 0 Å². The van der Waals surface area contributed by atoms with Crippen LogP contribution in [0.25, 0.3) is 0 Å². The Morgan fingerprint density at radius 1 is 1.08 bits per heavy atom. The van der Waals surface area contributed by atoms with Crippen molar-refractivity contribution in [2.45, 2.75) is 44.9 Å². The predicted molar refractivity (Wildman–Crippen MR) is 50.3 cm³/mol. The SMILES string of the molecule is C1CC2CCC1C2.O=C1CCCO1. The van der Waals surface area contributed by atoms with Crippen molar-refractivity contribution in [1.82, 2.24) is 0 Å². The molecule has 2 nitrogen and oxygen atoms in total. The third kappa shape index (κ3) is 2.45. The third-order valence-electron chi connectivity index (χ3n) is 3.42. The van der Waals surface area contributed by atoms with E-state index >= 15 is 0 Å². The Morgan fingerprint density at radius 3 is 1.85 bits per heavy atom. The molecule has 2 saturated carbocycles. The summed E-state index contributed by atoms with van der Waals surface area (Å²) in [6.07, 6.45) is 9.36. The normalized spacial score (nSPS) is 35.5. The molecule has 0 amide bonds. The summed E-state index contributed by atoms with van der Waals surface area (Å²) in [5.74, 6) is 2.30. The number of fused-ring (bicyclic) bond motifs is 2. The highest BCUT2D eigenvalue weighted by atomic mass is 16.5. The quantitative estimate of drug-likeness (QED) is 0.538. The Labute approximate surface area is 79.7 Å². The maximum atomic E-state index is 10.0.